The minimum Gasteiger partial charge on any atom is -0.462 e. The van der Waals surface area contributed by atoms with Crippen molar-refractivity contribution in [3.8, 4) is 0 Å². The van der Waals surface area contributed by atoms with Gasteiger partial charge in [0.2, 0.25) is 0 Å². The maximum atomic E-state index is 13.2. The molecular weight excluding hydrogens is 1400 g/mol. The molecule has 0 aliphatic carbocycles. The highest BCUT2D eigenvalue weighted by atomic mass is 31.2. The highest BCUT2D eigenvalue weighted by Gasteiger charge is 2.31. The number of unbranched alkanes of at least 4 members (excludes halogenated alkanes) is 54. The summed E-state index contributed by atoms with van der Waals surface area (Å²) in [7, 11) is -9.93. The summed E-state index contributed by atoms with van der Waals surface area (Å²) in [6.07, 6.45) is 70.8. The molecule has 108 heavy (non-hydrogen) atoms. The van der Waals surface area contributed by atoms with Crippen LogP contribution in [0.15, 0.2) is 0 Å². The maximum Gasteiger partial charge on any atom is 0.472 e. The van der Waals surface area contributed by atoms with Crippen LogP contribution >= 0.6 is 15.6 Å². The van der Waals surface area contributed by atoms with Crippen molar-refractivity contribution < 1.29 is 80.2 Å². The first-order valence-electron chi connectivity index (χ1n) is 45.9. The largest absolute Gasteiger partial charge is 0.472 e. The van der Waals surface area contributed by atoms with Crippen molar-refractivity contribution in [2.75, 3.05) is 39.6 Å². The normalized spacial score (nSPS) is 14.1. The number of phosphoric acid groups is 2. The summed E-state index contributed by atoms with van der Waals surface area (Å²) in [4.78, 5) is 73.3. The van der Waals surface area contributed by atoms with Crippen molar-refractivity contribution in [1.29, 1.82) is 0 Å². The van der Waals surface area contributed by atoms with Crippen LogP contribution in [-0.4, -0.2) is 96.7 Å². The predicted octanol–water partition coefficient (Wildman–Crippen LogP) is 27.3. The van der Waals surface area contributed by atoms with Gasteiger partial charge in [-0.1, -0.05) is 421 Å². The molecular formula is C89H174O17P2. The zero-order valence-corrected chi connectivity index (χ0v) is 73.1. The van der Waals surface area contributed by atoms with E-state index < -0.39 is 97.5 Å². The number of carbonyl (C=O) groups is 4. The van der Waals surface area contributed by atoms with E-state index >= 15 is 0 Å². The van der Waals surface area contributed by atoms with Gasteiger partial charge in [0.25, 0.3) is 0 Å². The minimum atomic E-state index is -4.97. The lowest BCUT2D eigenvalue weighted by atomic mass is 9.99. The number of rotatable bonds is 87. The molecule has 0 heterocycles. The van der Waals surface area contributed by atoms with Crippen molar-refractivity contribution >= 4 is 39.5 Å². The van der Waals surface area contributed by atoms with E-state index in [2.05, 4.69) is 48.5 Å². The van der Waals surface area contributed by atoms with Crippen molar-refractivity contribution in [2.24, 2.45) is 17.8 Å². The van der Waals surface area contributed by atoms with Crippen LogP contribution in [0.5, 0.6) is 0 Å². The number of aliphatic hydroxyl groups excluding tert-OH is 1. The predicted molar refractivity (Wildman–Crippen MR) is 446 cm³/mol. The highest BCUT2D eigenvalue weighted by molar-refractivity contribution is 7.47. The third-order valence-corrected chi connectivity index (χ3v) is 23.1. The fraction of sp³-hybridized carbons (Fsp3) is 0.955. The summed E-state index contributed by atoms with van der Waals surface area (Å²) < 4.78 is 69.0. The number of aliphatic hydroxyl groups is 1. The van der Waals surface area contributed by atoms with E-state index in [0.29, 0.717) is 25.7 Å². The van der Waals surface area contributed by atoms with Crippen LogP contribution in [0.3, 0.4) is 0 Å². The van der Waals surface area contributed by atoms with E-state index in [9.17, 15) is 43.2 Å². The van der Waals surface area contributed by atoms with Crippen LogP contribution < -0.4 is 0 Å². The third-order valence-electron chi connectivity index (χ3n) is 21.2. The van der Waals surface area contributed by atoms with E-state index in [-0.39, 0.29) is 25.7 Å². The number of hydrogen-bond acceptors (Lipinski definition) is 15. The summed E-state index contributed by atoms with van der Waals surface area (Å²) in [6.45, 7) is 12.1. The van der Waals surface area contributed by atoms with E-state index in [1.54, 1.807) is 0 Å². The zero-order chi connectivity index (χ0) is 79.3. The van der Waals surface area contributed by atoms with Gasteiger partial charge in [0, 0.05) is 25.7 Å². The lowest BCUT2D eigenvalue weighted by Crippen LogP contribution is -2.30. The molecule has 3 unspecified atom stereocenters. The molecule has 0 aromatic rings. The van der Waals surface area contributed by atoms with Gasteiger partial charge in [-0.2, -0.15) is 0 Å². The fourth-order valence-corrected chi connectivity index (χ4v) is 15.4. The lowest BCUT2D eigenvalue weighted by molar-refractivity contribution is -0.161. The van der Waals surface area contributed by atoms with Crippen molar-refractivity contribution in [2.45, 2.75) is 491 Å². The number of carbonyl (C=O) groups excluding carboxylic acids is 4. The van der Waals surface area contributed by atoms with Crippen molar-refractivity contribution in [3.63, 3.8) is 0 Å². The molecule has 0 rings (SSSR count). The summed E-state index contributed by atoms with van der Waals surface area (Å²) in [5.74, 6) is 0.321. The van der Waals surface area contributed by atoms with Gasteiger partial charge in [-0.25, -0.2) is 9.13 Å². The second-order valence-corrected chi connectivity index (χ2v) is 36.1. The Balaban J connectivity index is 5.24. The second-order valence-electron chi connectivity index (χ2n) is 33.2. The maximum absolute atomic E-state index is 13.2. The van der Waals surface area contributed by atoms with E-state index in [4.69, 9.17) is 37.0 Å². The topological polar surface area (TPSA) is 237 Å². The number of ether oxygens (including phenoxy) is 4. The van der Waals surface area contributed by atoms with Gasteiger partial charge in [-0.05, 0) is 43.4 Å². The smallest absolute Gasteiger partial charge is 0.462 e. The molecule has 0 aromatic carbocycles. The molecule has 0 radical (unpaired) electrons. The Hall–Kier alpha value is -1.94. The van der Waals surface area contributed by atoms with E-state index in [1.807, 2.05) is 0 Å². The molecule has 0 amide bonds. The summed E-state index contributed by atoms with van der Waals surface area (Å²) in [6, 6.07) is 0. The molecule has 0 fully saturated rings. The van der Waals surface area contributed by atoms with E-state index in [1.165, 1.54) is 283 Å². The Morgan fingerprint density at radius 3 is 0.704 bits per heavy atom. The minimum absolute atomic E-state index is 0.108. The van der Waals surface area contributed by atoms with Gasteiger partial charge in [-0.15, -0.1) is 0 Å². The fourth-order valence-electron chi connectivity index (χ4n) is 13.9. The molecule has 0 saturated heterocycles. The molecule has 0 bridgehead atoms. The Bertz CT molecular complexity index is 2080. The molecule has 0 saturated carbocycles. The number of esters is 4. The Morgan fingerprint density at radius 2 is 0.472 bits per heavy atom. The summed E-state index contributed by atoms with van der Waals surface area (Å²) in [5.41, 5.74) is 0. The third kappa shape index (κ3) is 80.7. The summed E-state index contributed by atoms with van der Waals surface area (Å²) >= 11 is 0. The molecule has 3 N–H and O–H groups in total. The average molecular weight is 1580 g/mol. The lowest BCUT2D eigenvalue weighted by Gasteiger charge is -2.21. The van der Waals surface area contributed by atoms with Gasteiger partial charge in [0.15, 0.2) is 12.2 Å². The quantitative estimate of drug-likeness (QED) is 0.0222. The number of phosphoric ester groups is 2. The molecule has 17 nitrogen and oxygen atoms in total. The van der Waals surface area contributed by atoms with Crippen LogP contribution in [0.4, 0.5) is 0 Å². The molecule has 642 valence electrons. The number of hydrogen-bond donors (Lipinski definition) is 3. The van der Waals surface area contributed by atoms with Gasteiger partial charge in [0.1, 0.15) is 19.3 Å². The van der Waals surface area contributed by atoms with Crippen molar-refractivity contribution in [1.82, 2.24) is 0 Å². The molecule has 0 spiro atoms. The first kappa shape index (κ1) is 106. The monoisotopic (exact) mass is 1580 g/mol. The molecule has 0 aromatic heterocycles. The van der Waals surface area contributed by atoms with Gasteiger partial charge < -0.3 is 33.8 Å². The van der Waals surface area contributed by atoms with Crippen LogP contribution in [0.25, 0.3) is 0 Å². The molecule has 19 heteroatoms. The summed E-state index contributed by atoms with van der Waals surface area (Å²) in [5, 5.41) is 10.7. The Morgan fingerprint density at radius 1 is 0.269 bits per heavy atom. The van der Waals surface area contributed by atoms with Crippen molar-refractivity contribution in [3.05, 3.63) is 0 Å². The highest BCUT2D eigenvalue weighted by Crippen LogP contribution is 2.45. The molecule has 6 atom stereocenters. The van der Waals surface area contributed by atoms with Crippen LogP contribution in [0.2, 0.25) is 0 Å². The van der Waals surface area contributed by atoms with Gasteiger partial charge in [0.05, 0.1) is 26.4 Å². The van der Waals surface area contributed by atoms with Crippen LogP contribution in [0.1, 0.15) is 472 Å². The van der Waals surface area contributed by atoms with Gasteiger partial charge in [-0.3, -0.25) is 37.3 Å². The average Bonchev–Trinajstić information content (AvgIpc) is 0.910. The Labute approximate surface area is 664 Å². The first-order chi connectivity index (χ1) is 52.3. The zero-order valence-electron chi connectivity index (χ0n) is 71.3. The van der Waals surface area contributed by atoms with Crippen LogP contribution in [0, 0.1) is 17.8 Å². The first-order valence-corrected chi connectivity index (χ1v) is 48.9. The van der Waals surface area contributed by atoms with E-state index in [0.717, 1.165) is 108 Å². The molecule has 0 aliphatic rings. The van der Waals surface area contributed by atoms with Crippen LogP contribution in [-0.2, 0) is 65.4 Å². The SMILES string of the molecule is CCCCCCCCCCCCCCCCC(=O)O[C@H](COC(=O)CCCCCCCCCCC(C)CC)COP(=O)(O)OC[C@H](O)COP(=O)(O)OC[C@@H](COC(=O)CCCCCCCCCCCCCCCCCCCCC(C)C)OC(=O)CCCCCCCCCCCCCCCCCCCCC(C)C. The van der Waals surface area contributed by atoms with Gasteiger partial charge >= 0.3 is 39.5 Å². The standard InChI is InChI=1S/C89H174O17P2/c1-8-10-11-12-13-14-15-16-31-37-42-51-58-65-72-88(93)106-85(77-100-87(92)71-64-57-50-45-44-48-55-62-69-82(7)9-2)79-104-108(97,98)102-75-83(90)74-101-107(95,96)103-78-84(105-89(94)73-66-59-52-43-38-33-28-24-20-18-22-26-30-35-40-47-54-61-68-81(5)6)76-99-86(91)70-63-56-49-41-36-32-27-23-19-17-21-25-29-34-39-46-53-60-67-80(3)4/h80-85,90H,8-79H2,1-7H3,(H,95,96)(H,97,98)/t82?,83-,84-,85-/m1/s1. The Kier molecular flexibility index (Phi) is 77.5. The molecule has 0 aliphatic heterocycles. The second kappa shape index (κ2) is 78.9.